The fourth-order valence-corrected chi connectivity index (χ4v) is 3.56. The van der Waals surface area contributed by atoms with Crippen LogP contribution in [0.2, 0.25) is 5.02 Å². The van der Waals surface area contributed by atoms with Gasteiger partial charge in [0.05, 0.1) is 22.8 Å². The Hall–Kier alpha value is -2.12. The van der Waals surface area contributed by atoms with Crippen LogP contribution < -0.4 is 5.32 Å². The van der Waals surface area contributed by atoms with E-state index in [0.29, 0.717) is 22.3 Å². The van der Waals surface area contributed by atoms with E-state index in [0.717, 1.165) is 34.4 Å². The number of aromatic nitrogens is 4. The average molecular weight is 390 g/mol. The zero-order chi connectivity index (χ0) is 18.7. The van der Waals surface area contributed by atoms with Gasteiger partial charge in [-0.25, -0.2) is 4.68 Å². The maximum absolute atomic E-state index is 11.9. The molecule has 2 aromatic heterocycles. The third kappa shape index (κ3) is 3.83. The summed E-state index contributed by atoms with van der Waals surface area (Å²) in [6, 6.07) is 7.50. The van der Waals surface area contributed by atoms with Gasteiger partial charge in [-0.05, 0) is 44.5 Å². The number of carbonyl (C=O) groups excluding carboxylic acids is 1. The lowest BCUT2D eigenvalue weighted by molar-refractivity contribution is -0.118. The highest BCUT2D eigenvalue weighted by Crippen LogP contribution is 2.29. The molecule has 0 aliphatic heterocycles. The summed E-state index contributed by atoms with van der Waals surface area (Å²) in [5, 5.41) is 18.4. The number of nitrogens with zero attached hydrogens (tertiary/aromatic N) is 4. The maximum Gasteiger partial charge on any atom is 0.230 e. The molecule has 0 aliphatic rings. The van der Waals surface area contributed by atoms with E-state index in [1.54, 1.807) is 0 Å². The van der Waals surface area contributed by atoms with E-state index in [1.165, 1.54) is 11.8 Å². The Labute approximate surface area is 161 Å². The Bertz CT molecular complexity index is 939. The zero-order valence-electron chi connectivity index (χ0n) is 14.9. The van der Waals surface area contributed by atoms with Crippen molar-refractivity contribution in [3.05, 3.63) is 40.7 Å². The lowest BCUT2D eigenvalue weighted by atomic mass is 10.2. The molecule has 3 rings (SSSR count). The monoisotopic (exact) mass is 389 g/mol. The summed E-state index contributed by atoms with van der Waals surface area (Å²) in [6.45, 7) is 6.62. The molecular weight excluding hydrogens is 370 g/mol. The van der Waals surface area contributed by atoms with E-state index in [4.69, 9.17) is 16.7 Å². The van der Waals surface area contributed by atoms with Crippen LogP contribution in [0.3, 0.4) is 0 Å². The summed E-state index contributed by atoms with van der Waals surface area (Å²) < 4.78 is 1.86. The number of rotatable bonds is 6. The van der Waals surface area contributed by atoms with Crippen LogP contribution in [0.4, 0.5) is 0 Å². The SMILES string of the molecule is CCCNC(=O)CSc1nnc(C)c2c(C)n(-c3ccc(Cl)cc3)nc12. The van der Waals surface area contributed by atoms with Gasteiger partial charge >= 0.3 is 0 Å². The molecule has 0 atom stereocenters. The predicted octanol–water partition coefficient (Wildman–Crippen LogP) is 3.70. The number of hydrogen-bond donors (Lipinski definition) is 1. The summed E-state index contributed by atoms with van der Waals surface area (Å²) in [6.07, 6.45) is 0.912. The molecule has 0 spiro atoms. The van der Waals surface area contributed by atoms with Crippen molar-refractivity contribution in [3.8, 4) is 5.69 Å². The number of fused-ring (bicyclic) bond motifs is 1. The summed E-state index contributed by atoms with van der Waals surface area (Å²) in [5.41, 5.74) is 3.47. The summed E-state index contributed by atoms with van der Waals surface area (Å²) >= 11 is 7.34. The summed E-state index contributed by atoms with van der Waals surface area (Å²) in [4.78, 5) is 11.9. The van der Waals surface area contributed by atoms with Gasteiger partial charge < -0.3 is 5.32 Å². The van der Waals surface area contributed by atoms with Crippen molar-refractivity contribution in [2.45, 2.75) is 32.2 Å². The molecule has 2 heterocycles. The van der Waals surface area contributed by atoms with E-state index in [2.05, 4.69) is 15.5 Å². The Morgan fingerprint density at radius 1 is 1.23 bits per heavy atom. The standard InChI is InChI=1S/C18H20ClN5OS/c1-4-9-20-15(25)10-26-18-17-16(11(2)21-22-18)12(3)24(23-17)14-7-5-13(19)6-8-14/h5-8H,4,9-10H2,1-3H3,(H,20,25). The lowest BCUT2D eigenvalue weighted by Crippen LogP contribution is -2.25. The fraction of sp³-hybridized carbons (Fsp3) is 0.333. The van der Waals surface area contributed by atoms with Crippen LogP contribution in [0.1, 0.15) is 24.7 Å². The van der Waals surface area contributed by atoms with Crippen molar-refractivity contribution in [1.82, 2.24) is 25.3 Å². The highest BCUT2D eigenvalue weighted by Gasteiger charge is 2.18. The van der Waals surface area contributed by atoms with Gasteiger partial charge in [0.1, 0.15) is 10.5 Å². The number of hydrogen-bond acceptors (Lipinski definition) is 5. The minimum Gasteiger partial charge on any atom is -0.355 e. The Morgan fingerprint density at radius 3 is 2.65 bits per heavy atom. The second-order valence-electron chi connectivity index (χ2n) is 5.93. The minimum atomic E-state index is -0.0127. The van der Waals surface area contributed by atoms with Crippen LogP contribution in [0, 0.1) is 13.8 Å². The summed E-state index contributed by atoms with van der Waals surface area (Å²) in [5.74, 6) is 0.279. The first-order valence-electron chi connectivity index (χ1n) is 8.39. The van der Waals surface area contributed by atoms with E-state index < -0.39 is 0 Å². The van der Waals surface area contributed by atoms with Crippen LogP contribution in [-0.2, 0) is 4.79 Å². The smallest absolute Gasteiger partial charge is 0.230 e. The number of aryl methyl sites for hydroxylation is 2. The molecule has 1 aromatic carbocycles. The van der Waals surface area contributed by atoms with E-state index in [1.807, 2.05) is 49.7 Å². The van der Waals surface area contributed by atoms with Gasteiger partial charge in [0.2, 0.25) is 5.91 Å². The first-order valence-corrected chi connectivity index (χ1v) is 9.75. The van der Waals surface area contributed by atoms with Crippen LogP contribution in [0.25, 0.3) is 16.6 Å². The molecule has 1 N–H and O–H groups in total. The third-order valence-electron chi connectivity index (χ3n) is 3.95. The molecule has 0 saturated carbocycles. The van der Waals surface area contributed by atoms with Crippen molar-refractivity contribution in [2.75, 3.05) is 12.3 Å². The predicted molar refractivity (Wildman–Crippen MR) is 105 cm³/mol. The van der Waals surface area contributed by atoms with Gasteiger partial charge in [-0.15, -0.1) is 5.10 Å². The van der Waals surface area contributed by atoms with Gasteiger partial charge in [-0.2, -0.15) is 10.2 Å². The van der Waals surface area contributed by atoms with Gasteiger partial charge in [0.25, 0.3) is 0 Å². The molecule has 0 bridgehead atoms. The molecule has 0 aliphatic carbocycles. The van der Waals surface area contributed by atoms with Crippen molar-refractivity contribution < 1.29 is 4.79 Å². The van der Waals surface area contributed by atoms with E-state index in [9.17, 15) is 4.79 Å². The van der Waals surface area contributed by atoms with Gasteiger partial charge in [-0.3, -0.25) is 4.79 Å². The summed E-state index contributed by atoms with van der Waals surface area (Å²) in [7, 11) is 0. The Balaban J connectivity index is 1.96. The maximum atomic E-state index is 11.9. The Morgan fingerprint density at radius 2 is 1.96 bits per heavy atom. The minimum absolute atomic E-state index is 0.0127. The van der Waals surface area contributed by atoms with Crippen molar-refractivity contribution in [3.63, 3.8) is 0 Å². The van der Waals surface area contributed by atoms with Gasteiger partial charge in [0.15, 0.2) is 0 Å². The molecule has 136 valence electrons. The normalized spacial score (nSPS) is 11.1. The largest absolute Gasteiger partial charge is 0.355 e. The number of benzene rings is 1. The molecule has 26 heavy (non-hydrogen) atoms. The van der Waals surface area contributed by atoms with Crippen molar-refractivity contribution in [2.24, 2.45) is 0 Å². The third-order valence-corrected chi connectivity index (χ3v) is 5.16. The molecule has 0 radical (unpaired) electrons. The highest BCUT2D eigenvalue weighted by molar-refractivity contribution is 8.00. The molecule has 8 heteroatoms. The first kappa shape index (κ1) is 18.7. The highest BCUT2D eigenvalue weighted by atomic mass is 35.5. The van der Waals surface area contributed by atoms with Gasteiger partial charge in [0, 0.05) is 17.0 Å². The topological polar surface area (TPSA) is 72.7 Å². The second-order valence-corrected chi connectivity index (χ2v) is 7.33. The Kier molecular flexibility index (Phi) is 5.78. The molecule has 0 unspecified atom stereocenters. The molecule has 0 fully saturated rings. The van der Waals surface area contributed by atoms with Crippen LogP contribution in [0.5, 0.6) is 0 Å². The zero-order valence-corrected chi connectivity index (χ0v) is 16.5. The second kappa shape index (κ2) is 8.05. The number of carbonyl (C=O) groups is 1. The number of amides is 1. The van der Waals surface area contributed by atoms with Crippen LogP contribution in [-0.4, -0.2) is 38.2 Å². The average Bonchev–Trinajstić information content (AvgIpc) is 2.98. The molecule has 3 aromatic rings. The van der Waals surface area contributed by atoms with Crippen molar-refractivity contribution in [1.29, 1.82) is 0 Å². The molecule has 0 saturated heterocycles. The van der Waals surface area contributed by atoms with Gasteiger partial charge in [-0.1, -0.05) is 30.3 Å². The quantitative estimate of drug-likeness (QED) is 0.650. The van der Waals surface area contributed by atoms with Crippen LogP contribution in [0.15, 0.2) is 29.3 Å². The molecular formula is C18H20ClN5OS. The van der Waals surface area contributed by atoms with Crippen LogP contribution >= 0.6 is 23.4 Å². The molecule has 1 amide bonds. The number of nitrogens with one attached hydrogen (secondary N) is 1. The number of thioether (sulfide) groups is 1. The fourth-order valence-electron chi connectivity index (χ4n) is 2.68. The number of halogens is 1. The first-order chi connectivity index (χ1) is 12.5. The molecule has 6 nitrogen and oxygen atoms in total. The lowest BCUT2D eigenvalue weighted by Gasteiger charge is -2.04. The van der Waals surface area contributed by atoms with Crippen molar-refractivity contribution >= 4 is 40.2 Å². The van der Waals surface area contributed by atoms with E-state index in [-0.39, 0.29) is 5.91 Å². The van der Waals surface area contributed by atoms with E-state index >= 15 is 0 Å².